The molecular weight excluding hydrogens is 373 g/mol. The molecule has 0 radical (unpaired) electrons. The molecule has 144 valence electrons. The Morgan fingerprint density at radius 2 is 1.85 bits per heavy atom. The molecule has 1 aliphatic heterocycles. The molecule has 0 saturated carbocycles. The number of allylic oxidation sites excluding steroid dienone is 1. The molecule has 0 spiro atoms. The van der Waals surface area contributed by atoms with Crippen molar-refractivity contribution in [2.75, 3.05) is 20.3 Å². The van der Waals surface area contributed by atoms with Gasteiger partial charge in [-0.15, -0.1) is 0 Å². The second-order valence-electron chi connectivity index (χ2n) is 6.25. The number of rotatable bonds is 4. The molecule has 0 atom stereocenters. The molecule has 9 heteroatoms. The number of ether oxygens (including phenoxy) is 2. The van der Waals surface area contributed by atoms with Crippen LogP contribution in [0.2, 0.25) is 0 Å². The normalized spacial score (nSPS) is 19.2. The summed E-state index contributed by atoms with van der Waals surface area (Å²) in [5, 5.41) is 0. The maximum absolute atomic E-state index is 12.9. The fourth-order valence-electron chi connectivity index (χ4n) is 3.37. The van der Waals surface area contributed by atoms with E-state index in [0.717, 1.165) is 0 Å². The highest BCUT2D eigenvalue weighted by Gasteiger charge is 2.49. The minimum absolute atomic E-state index is 0.0579. The van der Waals surface area contributed by atoms with Crippen molar-refractivity contribution < 1.29 is 35.2 Å². The minimum atomic E-state index is -5.75. The van der Waals surface area contributed by atoms with Crippen LogP contribution >= 0.6 is 0 Å². The van der Waals surface area contributed by atoms with E-state index in [-0.39, 0.29) is 11.7 Å². The number of alkyl halides is 3. The van der Waals surface area contributed by atoms with Gasteiger partial charge in [-0.3, -0.25) is 0 Å². The topological polar surface area (TPSA) is 61.8 Å². The van der Waals surface area contributed by atoms with Crippen molar-refractivity contribution in [3.05, 3.63) is 34.9 Å². The third kappa shape index (κ3) is 3.68. The molecule has 2 aliphatic rings. The van der Waals surface area contributed by atoms with Crippen molar-refractivity contribution in [3.63, 3.8) is 0 Å². The van der Waals surface area contributed by atoms with E-state index in [1.165, 1.54) is 7.11 Å². The molecule has 1 fully saturated rings. The first-order valence-corrected chi connectivity index (χ1v) is 9.62. The van der Waals surface area contributed by atoms with E-state index < -0.39 is 15.6 Å². The highest BCUT2D eigenvalue weighted by molar-refractivity contribution is 7.87. The average Bonchev–Trinajstić information content (AvgIpc) is 2.61. The molecule has 1 aromatic rings. The van der Waals surface area contributed by atoms with Gasteiger partial charge in [0, 0.05) is 18.8 Å². The van der Waals surface area contributed by atoms with Gasteiger partial charge in [0.2, 0.25) is 0 Å². The van der Waals surface area contributed by atoms with Crippen LogP contribution in [0.1, 0.15) is 30.4 Å². The van der Waals surface area contributed by atoms with E-state index in [1.54, 1.807) is 18.2 Å². The summed E-state index contributed by atoms with van der Waals surface area (Å²) >= 11 is 0. The van der Waals surface area contributed by atoms with Gasteiger partial charge in [-0.2, -0.15) is 21.6 Å². The molecule has 0 N–H and O–H groups in total. The van der Waals surface area contributed by atoms with Gasteiger partial charge < -0.3 is 13.7 Å². The first-order valence-electron chi connectivity index (χ1n) is 8.22. The lowest BCUT2D eigenvalue weighted by Gasteiger charge is -2.30. The van der Waals surface area contributed by atoms with Crippen LogP contribution in [-0.2, 0) is 25.5 Å². The lowest BCUT2D eigenvalue weighted by Crippen LogP contribution is -2.27. The standard InChI is InChI=1S/C17H19F3O5S/c1-23-13-3-5-15-12(10-13)2-4-14(11-6-8-24-9-7-11)16(15)25-26(21,22)17(18,19)20/h3,5,10-11H,2,4,6-9H2,1H3. The summed E-state index contributed by atoms with van der Waals surface area (Å²) in [4.78, 5) is 0. The minimum Gasteiger partial charge on any atom is -0.497 e. The quantitative estimate of drug-likeness (QED) is 0.578. The molecule has 3 rings (SSSR count). The van der Waals surface area contributed by atoms with Crippen molar-refractivity contribution in [2.24, 2.45) is 5.92 Å². The molecule has 0 aromatic heterocycles. The van der Waals surface area contributed by atoms with Gasteiger partial charge in [0.1, 0.15) is 11.5 Å². The predicted molar refractivity (Wildman–Crippen MR) is 87.8 cm³/mol. The van der Waals surface area contributed by atoms with Gasteiger partial charge in [0.15, 0.2) is 0 Å². The summed E-state index contributed by atoms with van der Waals surface area (Å²) in [6.45, 7) is 0.978. The fraction of sp³-hybridized carbons (Fsp3) is 0.529. The molecule has 1 saturated heterocycles. The average molecular weight is 392 g/mol. The third-order valence-corrected chi connectivity index (χ3v) is 5.66. The van der Waals surface area contributed by atoms with Crippen LogP contribution < -0.4 is 4.74 Å². The van der Waals surface area contributed by atoms with Gasteiger partial charge in [-0.05, 0) is 60.9 Å². The lowest BCUT2D eigenvalue weighted by atomic mass is 9.81. The number of halogens is 3. The Balaban J connectivity index is 2.08. The largest absolute Gasteiger partial charge is 0.534 e. The summed E-state index contributed by atoms with van der Waals surface area (Å²) in [5.41, 5.74) is -3.80. The van der Waals surface area contributed by atoms with Gasteiger partial charge in [0.25, 0.3) is 0 Å². The molecule has 0 bridgehead atoms. The van der Waals surface area contributed by atoms with Crippen LogP contribution in [0.25, 0.3) is 5.76 Å². The second kappa shape index (κ2) is 7.11. The number of aryl methyl sites for hydroxylation is 1. The summed E-state index contributed by atoms with van der Waals surface area (Å²) in [7, 11) is -4.26. The van der Waals surface area contributed by atoms with Gasteiger partial charge in [-0.25, -0.2) is 0 Å². The van der Waals surface area contributed by atoms with Crippen LogP contribution in [0.4, 0.5) is 13.2 Å². The van der Waals surface area contributed by atoms with Crippen molar-refractivity contribution in [1.29, 1.82) is 0 Å². The zero-order chi connectivity index (χ0) is 18.9. The Hall–Kier alpha value is -1.74. The van der Waals surface area contributed by atoms with E-state index in [1.807, 2.05) is 0 Å². The third-order valence-electron chi connectivity index (χ3n) is 4.70. The smallest absolute Gasteiger partial charge is 0.497 e. The Bertz CT molecular complexity index is 808. The molecule has 1 aromatic carbocycles. The van der Waals surface area contributed by atoms with E-state index >= 15 is 0 Å². The molecule has 1 heterocycles. The Kier molecular flexibility index (Phi) is 5.21. The number of hydrogen-bond acceptors (Lipinski definition) is 5. The Morgan fingerprint density at radius 3 is 2.46 bits per heavy atom. The summed E-state index contributed by atoms with van der Waals surface area (Å²) in [6, 6.07) is 4.82. The van der Waals surface area contributed by atoms with Crippen LogP contribution in [0, 0.1) is 5.92 Å². The zero-order valence-corrected chi connectivity index (χ0v) is 15.0. The first kappa shape index (κ1) is 19.0. The summed E-state index contributed by atoms with van der Waals surface area (Å²) < 4.78 is 77.0. The highest BCUT2D eigenvalue weighted by Crippen LogP contribution is 2.42. The second-order valence-corrected chi connectivity index (χ2v) is 7.79. The summed E-state index contributed by atoms with van der Waals surface area (Å²) in [5.74, 6) is 0.298. The Labute approximate surface area is 149 Å². The number of methoxy groups -OCH3 is 1. The van der Waals surface area contributed by atoms with Crippen LogP contribution in [0.5, 0.6) is 5.75 Å². The molecule has 0 unspecified atom stereocenters. The zero-order valence-electron chi connectivity index (χ0n) is 14.1. The van der Waals surface area contributed by atoms with Crippen LogP contribution in [0.15, 0.2) is 23.8 Å². The Morgan fingerprint density at radius 1 is 1.15 bits per heavy atom. The van der Waals surface area contributed by atoms with Crippen molar-refractivity contribution in [2.45, 2.75) is 31.2 Å². The van der Waals surface area contributed by atoms with Gasteiger partial charge in [0.05, 0.1) is 7.11 Å². The van der Waals surface area contributed by atoms with Crippen molar-refractivity contribution in [1.82, 2.24) is 0 Å². The maximum Gasteiger partial charge on any atom is 0.534 e. The maximum atomic E-state index is 12.9. The number of hydrogen-bond donors (Lipinski definition) is 0. The molecule has 5 nitrogen and oxygen atoms in total. The van der Waals surface area contributed by atoms with E-state index in [9.17, 15) is 21.6 Å². The monoisotopic (exact) mass is 392 g/mol. The first-order chi connectivity index (χ1) is 12.2. The van der Waals surface area contributed by atoms with Gasteiger partial charge in [-0.1, -0.05) is 0 Å². The number of fused-ring (bicyclic) bond motifs is 1. The molecule has 0 amide bonds. The highest BCUT2D eigenvalue weighted by atomic mass is 32.2. The SMILES string of the molecule is COc1ccc2c(c1)CCC(C1CCOCC1)=C2OS(=O)(=O)C(F)(F)F. The fourth-order valence-corrected chi connectivity index (χ4v) is 3.88. The summed E-state index contributed by atoms with van der Waals surface area (Å²) in [6.07, 6.45) is 2.27. The van der Waals surface area contributed by atoms with E-state index in [4.69, 9.17) is 9.47 Å². The van der Waals surface area contributed by atoms with Crippen LogP contribution in [-0.4, -0.2) is 34.2 Å². The number of benzene rings is 1. The molecule has 1 aliphatic carbocycles. The van der Waals surface area contributed by atoms with Crippen molar-refractivity contribution >= 4 is 15.9 Å². The molecule has 26 heavy (non-hydrogen) atoms. The molecular formula is C17H19F3O5S. The predicted octanol–water partition coefficient (Wildman–Crippen LogP) is 3.65. The van der Waals surface area contributed by atoms with E-state index in [0.29, 0.717) is 61.3 Å². The van der Waals surface area contributed by atoms with Crippen LogP contribution in [0.3, 0.4) is 0 Å². The van der Waals surface area contributed by atoms with Crippen molar-refractivity contribution in [3.8, 4) is 5.75 Å². The van der Waals surface area contributed by atoms with Gasteiger partial charge >= 0.3 is 15.6 Å². The lowest BCUT2D eigenvalue weighted by molar-refractivity contribution is -0.0510. The van der Waals surface area contributed by atoms with E-state index in [2.05, 4.69) is 4.18 Å².